The molecule has 1 amide bonds. The summed E-state index contributed by atoms with van der Waals surface area (Å²) in [4.78, 5) is 16.7. The lowest BCUT2D eigenvalue weighted by atomic mass is 10.0. The van der Waals surface area contributed by atoms with Gasteiger partial charge in [0.15, 0.2) is 0 Å². The van der Waals surface area contributed by atoms with E-state index >= 15 is 0 Å². The highest BCUT2D eigenvalue weighted by atomic mass is 16.5. The minimum absolute atomic E-state index is 0.198. The normalized spacial score (nSPS) is 16.8. The van der Waals surface area contributed by atoms with Gasteiger partial charge in [0, 0.05) is 44.7 Å². The van der Waals surface area contributed by atoms with Crippen LogP contribution in [0.2, 0.25) is 0 Å². The zero-order valence-corrected chi connectivity index (χ0v) is 17.2. The van der Waals surface area contributed by atoms with E-state index in [1.54, 1.807) is 0 Å². The molecule has 2 aromatic carbocycles. The van der Waals surface area contributed by atoms with Crippen molar-refractivity contribution in [2.45, 2.75) is 25.9 Å². The smallest absolute Gasteiger partial charge is 0.223 e. The number of nitrogens with zero attached hydrogens (tertiary/aromatic N) is 3. The first-order valence-electron chi connectivity index (χ1n) is 10.5. The van der Waals surface area contributed by atoms with Crippen LogP contribution in [0.5, 0.6) is 5.75 Å². The highest BCUT2D eigenvalue weighted by Crippen LogP contribution is 2.26. The lowest BCUT2D eigenvalue weighted by Crippen LogP contribution is -2.40. The van der Waals surface area contributed by atoms with Crippen molar-refractivity contribution in [2.75, 3.05) is 39.5 Å². The fourth-order valence-electron chi connectivity index (χ4n) is 4.01. The molecule has 0 radical (unpaired) electrons. The maximum atomic E-state index is 12.4. The van der Waals surface area contributed by atoms with Crippen molar-refractivity contribution in [1.29, 1.82) is 5.26 Å². The molecular formula is C24H27N3O3. The third-order valence-corrected chi connectivity index (χ3v) is 5.64. The van der Waals surface area contributed by atoms with Crippen LogP contribution in [-0.4, -0.2) is 55.2 Å². The zero-order chi connectivity index (χ0) is 20.8. The zero-order valence-electron chi connectivity index (χ0n) is 17.2. The predicted molar refractivity (Wildman–Crippen MR) is 113 cm³/mol. The molecule has 0 saturated carbocycles. The van der Waals surface area contributed by atoms with Crippen LogP contribution in [0.3, 0.4) is 0 Å². The lowest BCUT2D eigenvalue weighted by Gasteiger charge is -2.26. The largest absolute Gasteiger partial charge is 0.492 e. The van der Waals surface area contributed by atoms with E-state index in [9.17, 15) is 4.79 Å². The Kier molecular flexibility index (Phi) is 6.63. The molecular weight excluding hydrogens is 378 g/mol. The molecule has 0 aliphatic carbocycles. The Morgan fingerprint density at radius 1 is 1.03 bits per heavy atom. The van der Waals surface area contributed by atoms with Gasteiger partial charge < -0.3 is 14.4 Å². The second kappa shape index (κ2) is 9.75. The quantitative estimate of drug-likeness (QED) is 0.765. The molecule has 4 rings (SSSR count). The third-order valence-electron chi connectivity index (χ3n) is 5.64. The lowest BCUT2D eigenvalue weighted by molar-refractivity contribution is -0.135. The van der Waals surface area contributed by atoms with Gasteiger partial charge in [-0.25, -0.2) is 0 Å². The summed E-state index contributed by atoms with van der Waals surface area (Å²) < 4.78 is 11.3. The molecule has 2 heterocycles. The number of fused-ring (bicyclic) bond motifs is 1. The molecule has 2 aromatic rings. The van der Waals surface area contributed by atoms with Gasteiger partial charge in [-0.1, -0.05) is 24.3 Å². The molecule has 1 saturated heterocycles. The van der Waals surface area contributed by atoms with E-state index in [2.05, 4.69) is 29.2 Å². The summed E-state index contributed by atoms with van der Waals surface area (Å²) in [6, 6.07) is 16.2. The Morgan fingerprint density at radius 3 is 2.73 bits per heavy atom. The molecule has 6 nitrogen and oxygen atoms in total. The first-order valence-corrected chi connectivity index (χ1v) is 10.5. The SMILES string of the molecule is N#Cc1cccc(CN2CCOc3ccc(CCC(=O)N4CCOCC4)cc3C2)c1. The Labute approximate surface area is 177 Å². The van der Waals surface area contributed by atoms with E-state index in [1.165, 1.54) is 0 Å². The molecule has 0 atom stereocenters. The monoisotopic (exact) mass is 405 g/mol. The molecule has 0 aromatic heterocycles. The van der Waals surface area contributed by atoms with E-state index in [0.717, 1.165) is 48.5 Å². The van der Waals surface area contributed by atoms with Crippen LogP contribution < -0.4 is 4.74 Å². The summed E-state index contributed by atoms with van der Waals surface area (Å²) in [6.07, 6.45) is 1.25. The number of amides is 1. The summed E-state index contributed by atoms with van der Waals surface area (Å²) >= 11 is 0. The number of nitriles is 1. The number of aryl methyl sites for hydroxylation is 1. The van der Waals surface area contributed by atoms with Crippen molar-refractivity contribution >= 4 is 5.91 Å². The number of ether oxygens (including phenoxy) is 2. The van der Waals surface area contributed by atoms with Crippen LogP contribution in [0.25, 0.3) is 0 Å². The molecule has 0 spiro atoms. The van der Waals surface area contributed by atoms with Gasteiger partial charge in [-0.05, 0) is 35.7 Å². The molecule has 0 bridgehead atoms. The summed E-state index contributed by atoms with van der Waals surface area (Å²) in [5.74, 6) is 1.12. The van der Waals surface area contributed by atoms with Crippen molar-refractivity contribution in [1.82, 2.24) is 9.80 Å². The summed E-state index contributed by atoms with van der Waals surface area (Å²) in [6.45, 7) is 5.69. The standard InChI is InChI=1S/C24H27N3O3/c25-16-20-2-1-3-21(14-20)17-26-8-13-30-23-6-4-19(15-22(23)18-26)5-7-24(28)27-9-11-29-12-10-27/h1-4,6,14-15H,5,7-13,17-18H2. The van der Waals surface area contributed by atoms with Crippen molar-refractivity contribution in [3.8, 4) is 11.8 Å². The highest BCUT2D eigenvalue weighted by Gasteiger charge is 2.19. The summed E-state index contributed by atoms with van der Waals surface area (Å²) in [7, 11) is 0. The number of hydrogen-bond acceptors (Lipinski definition) is 5. The molecule has 2 aliphatic heterocycles. The van der Waals surface area contributed by atoms with Crippen LogP contribution in [0.15, 0.2) is 42.5 Å². The fourth-order valence-corrected chi connectivity index (χ4v) is 4.01. The maximum absolute atomic E-state index is 12.4. The third kappa shape index (κ3) is 5.18. The maximum Gasteiger partial charge on any atom is 0.223 e. The van der Waals surface area contributed by atoms with Crippen molar-refractivity contribution in [2.24, 2.45) is 0 Å². The Bertz CT molecular complexity index is 932. The number of benzene rings is 2. The summed E-state index contributed by atoms with van der Waals surface area (Å²) in [5.41, 5.74) is 4.13. The van der Waals surface area contributed by atoms with Crippen LogP contribution in [0, 0.1) is 11.3 Å². The summed E-state index contributed by atoms with van der Waals surface area (Å²) in [5, 5.41) is 9.13. The predicted octanol–water partition coefficient (Wildman–Crippen LogP) is 2.74. The van der Waals surface area contributed by atoms with Gasteiger partial charge in [-0.2, -0.15) is 5.26 Å². The Morgan fingerprint density at radius 2 is 1.90 bits per heavy atom. The van der Waals surface area contributed by atoms with Crippen molar-refractivity contribution in [3.05, 3.63) is 64.7 Å². The highest BCUT2D eigenvalue weighted by molar-refractivity contribution is 5.76. The van der Waals surface area contributed by atoms with Gasteiger partial charge in [-0.15, -0.1) is 0 Å². The van der Waals surface area contributed by atoms with Crippen LogP contribution in [-0.2, 0) is 29.0 Å². The van der Waals surface area contributed by atoms with Crippen molar-refractivity contribution < 1.29 is 14.3 Å². The van der Waals surface area contributed by atoms with Crippen LogP contribution in [0.1, 0.15) is 28.7 Å². The average molecular weight is 405 g/mol. The van der Waals surface area contributed by atoms with Gasteiger partial charge in [0.1, 0.15) is 12.4 Å². The second-order valence-corrected chi connectivity index (χ2v) is 7.81. The van der Waals surface area contributed by atoms with Crippen molar-refractivity contribution in [3.63, 3.8) is 0 Å². The molecule has 0 N–H and O–H groups in total. The molecule has 0 unspecified atom stereocenters. The molecule has 1 fully saturated rings. The van der Waals surface area contributed by atoms with Gasteiger partial charge in [0.05, 0.1) is 24.8 Å². The second-order valence-electron chi connectivity index (χ2n) is 7.81. The van der Waals surface area contributed by atoms with Crippen LogP contribution >= 0.6 is 0 Å². The van der Waals surface area contributed by atoms with Gasteiger partial charge in [0.2, 0.25) is 5.91 Å². The number of carbonyl (C=O) groups is 1. The topological polar surface area (TPSA) is 65.8 Å². The van der Waals surface area contributed by atoms with Gasteiger partial charge >= 0.3 is 0 Å². The minimum atomic E-state index is 0.198. The van der Waals surface area contributed by atoms with Gasteiger partial charge in [-0.3, -0.25) is 9.69 Å². The molecule has 30 heavy (non-hydrogen) atoms. The minimum Gasteiger partial charge on any atom is -0.492 e. The molecule has 6 heteroatoms. The first-order chi connectivity index (χ1) is 14.7. The van der Waals surface area contributed by atoms with E-state index < -0.39 is 0 Å². The number of hydrogen-bond donors (Lipinski definition) is 0. The van der Waals surface area contributed by atoms with E-state index in [4.69, 9.17) is 14.7 Å². The Balaban J connectivity index is 1.39. The number of carbonyl (C=O) groups excluding carboxylic acids is 1. The van der Waals surface area contributed by atoms with Gasteiger partial charge in [0.25, 0.3) is 0 Å². The fraction of sp³-hybridized carbons (Fsp3) is 0.417. The van der Waals surface area contributed by atoms with Crippen LogP contribution in [0.4, 0.5) is 0 Å². The molecule has 2 aliphatic rings. The number of morpholine rings is 1. The first kappa shape index (κ1) is 20.4. The number of rotatable bonds is 5. The van der Waals surface area contributed by atoms with E-state index in [-0.39, 0.29) is 5.91 Å². The molecule has 156 valence electrons. The Hall–Kier alpha value is -2.88. The van der Waals surface area contributed by atoms with E-state index in [0.29, 0.717) is 44.9 Å². The van der Waals surface area contributed by atoms with E-state index in [1.807, 2.05) is 29.2 Å². The average Bonchev–Trinajstić information content (AvgIpc) is 2.99.